The topological polar surface area (TPSA) is 70.1 Å². The van der Waals surface area contributed by atoms with Gasteiger partial charge in [0.15, 0.2) is 0 Å². The molecule has 0 aliphatic carbocycles. The minimum Gasteiger partial charge on any atom is -0.507 e. The van der Waals surface area contributed by atoms with Crippen LogP contribution in [0, 0.1) is 0 Å². The number of hydrogen-bond acceptors (Lipinski definition) is 5. The molecule has 1 saturated heterocycles. The Balaban J connectivity index is 2.09. The van der Waals surface area contributed by atoms with Crippen molar-refractivity contribution in [1.29, 1.82) is 0 Å². The first-order valence-corrected chi connectivity index (χ1v) is 10.6. The van der Waals surface area contributed by atoms with E-state index in [9.17, 15) is 14.7 Å². The van der Waals surface area contributed by atoms with Gasteiger partial charge in [-0.2, -0.15) is 0 Å². The second-order valence-corrected chi connectivity index (χ2v) is 8.16. The molecule has 1 aliphatic rings. The van der Waals surface area contributed by atoms with Crippen molar-refractivity contribution in [3.05, 3.63) is 70.3 Å². The number of ether oxygens (including phenoxy) is 1. The Labute approximate surface area is 187 Å². The fourth-order valence-electron chi connectivity index (χ4n) is 3.52. The quantitative estimate of drug-likeness (QED) is 0.378. The number of nitrogens with zero attached hydrogens (tertiary/aromatic N) is 2. The zero-order valence-electron chi connectivity index (χ0n) is 18.0. The van der Waals surface area contributed by atoms with Gasteiger partial charge < -0.3 is 19.6 Å². The molecule has 0 spiro atoms. The average Bonchev–Trinajstić information content (AvgIpc) is 3.01. The molecule has 0 aromatic heterocycles. The van der Waals surface area contributed by atoms with Crippen LogP contribution in [-0.2, 0) is 9.59 Å². The van der Waals surface area contributed by atoms with E-state index in [0.717, 1.165) is 6.42 Å². The van der Waals surface area contributed by atoms with Gasteiger partial charge in [-0.1, -0.05) is 42.8 Å². The smallest absolute Gasteiger partial charge is 0.295 e. The number of Topliss-reactive ketones (excluding diaryl/α,β-unsaturated/α-hetero) is 1. The molecule has 0 radical (unpaired) electrons. The lowest BCUT2D eigenvalue weighted by atomic mass is 9.95. The standard InChI is InChI=1S/C24H27ClN2O4/c1-4-14-31-19-7-5-6-17(15-19)22(28)20-21(16-8-10-18(25)11-9-16)27(13-12-26(2)3)24(30)23(20)29/h5-11,15,21,28H,4,12-14H2,1-3H3. The summed E-state index contributed by atoms with van der Waals surface area (Å²) in [5.41, 5.74) is 1.21. The maximum atomic E-state index is 13.0. The molecule has 1 N–H and O–H groups in total. The maximum Gasteiger partial charge on any atom is 0.295 e. The molecule has 1 heterocycles. The van der Waals surface area contributed by atoms with Crippen molar-refractivity contribution in [3.8, 4) is 5.75 Å². The number of likely N-dealkylation sites (N-methyl/N-ethyl adjacent to an activating group) is 1. The van der Waals surface area contributed by atoms with E-state index in [1.165, 1.54) is 4.90 Å². The van der Waals surface area contributed by atoms with E-state index >= 15 is 0 Å². The highest BCUT2D eigenvalue weighted by Gasteiger charge is 2.45. The Kier molecular flexibility index (Phi) is 7.36. The molecular weight excluding hydrogens is 416 g/mol. The van der Waals surface area contributed by atoms with Crippen LogP contribution in [-0.4, -0.2) is 60.4 Å². The summed E-state index contributed by atoms with van der Waals surface area (Å²) in [5.74, 6) is -0.943. The first kappa shape index (κ1) is 22.8. The molecule has 0 bridgehead atoms. The lowest BCUT2D eigenvalue weighted by Crippen LogP contribution is -2.35. The number of carbonyl (C=O) groups is 2. The first-order valence-electron chi connectivity index (χ1n) is 10.2. The molecular formula is C24H27ClN2O4. The largest absolute Gasteiger partial charge is 0.507 e. The van der Waals surface area contributed by atoms with Gasteiger partial charge in [-0.3, -0.25) is 9.59 Å². The van der Waals surface area contributed by atoms with Crippen LogP contribution in [0.15, 0.2) is 54.1 Å². The number of rotatable bonds is 8. The second kappa shape index (κ2) is 9.98. The molecule has 2 aromatic rings. The molecule has 164 valence electrons. The van der Waals surface area contributed by atoms with E-state index < -0.39 is 17.7 Å². The number of halogens is 1. The maximum absolute atomic E-state index is 13.0. The van der Waals surface area contributed by atoms with Gasteiger partial charge in [-0.05, 0) is 50.3 Å². The van der Waals surface area contributed by atoms with Gasteiger partial charge in [0.25, 0.3) is 11.7 Å². The van der Waals surface area contributed by atoms with Gasteiger partial charge in [0.2, 0.25) is 0 Å². The summed E-state index contributed by atoms with van der Waals surface area (Å²) in [6.45, 7) is 3.48. The molecule has 1 unspecified atom stereocenters. The summed E-state index contributed by atoms with van der Waals surface area (Å²) in [7, 11) is 3.80. The highest BCUT2D eigenvalue weighted by Crippen LogP contribution is 2.39. The Hall–Kier alpha value is -2.83. The second-order valence-electron chi connectivity index (χ2n) is 7.72. The van der Waals surface area contributed by atoms with Crippen LogP contribution in [0.3, 0.4) is 0 Å². The van der Waals surface area contributed by atoms with Crippen LogP contribution < -0.4 is 4.74 Å². The first-order chi connectivity index (χ1) is 14.8. The van der Waals surface area contributed by atoms with E-state index in [-0.39, 0.29) is 11.3 Å². The average molecular weight is 443 g/mol. The van der Waals surface area contributed by atoms with Crippen LogP contribution in [0.25, 0.3) is 5.76 Å². The lowest BCUT2D eigenvalue weighted by molar-refractivity contribution is -0.140. The van der Waals surface area contributed by atoms with Gasteiger partial charge in [0.05, 0.1) is 18.2 Å². The summed E-state index contributed by atoms with van der Waals surface area (Å²) < 4.78 is 5.65. The Morgan fingerprint density at radius 3 is 2.52 bits per heavy atom. The fraction of sp³-hybridized carbons (Fsp3) is 0.333. The highest BCUT2D eigenvalue weighted by molar-refractivity contribution is 6.46. The van der Waals surface area contributed by atoms with Crippen molar-refractivity contribution in [3.63, 3.8) is 0 Å². The van der Waals surface area contributed by atoms with Crippen LogP contribution in [0.1, 0.15) is 30.5 Å². The Morgan fingerprint density at radius 1 is 1.16 bits per heavy atom. The van der Waals surface area contributed by atoms with E-state index in [1.807, 2.05) is 25.9 Å². The van der Waals surface area contributed by atoms with Crippen LogP contribution in [0.2, 0.25) is 5.02 Å². The van der Waals surface area contributed by atoms with Gasteiger partial charge in [-0.25, -0.2) is 0 Å². The summed E-state index contributed by atoms with van der Waals surface area (Å²) >= 11 is 6.04. The molecule has 1 aliphatic heterocycles. The monoisotopic (exact) mass is 442 g/mol. The van der Waals surface area contributed by atoms with Crippen LogP contribution >= 0.6 is 11.6 Å². The van der Waals surface area contributed by atoms with Gasteiger partial charge in [-0.15, -0.1) is 0 Å². The number of ketones is 1. The number of carbonyl (C=O) groups excluding carboxylic acids is 2. The van der Waals surface area contributed by atoms with Crippen molar-refractivity contribution in [2.24, 2.45) is 0 Å². The zero-order valence-corrected chi connectivity index (χ0v) is 18.7. The molecule has 3 rings (SSSR count). The molecule has 1 atom stereocenters. The minimum atomic E-state index is -0.698. The lowest BCUT2D eigenvalue weighted by Gasteiger charge is -2.26. The van der Waals surface area contributed by atoms with Crippen molar-refractivity contribution in [2.75, 3.05) is 33.8 Å². The fourth-order valence-corrected chi connectivity index (χ4v) is 3.64. The Morgan fingerprint density at radius 2 is 1.87 bits per heavy atom. The minimum absolute atomic E-state index is 0.0683. The molecule has 2 aromatic carbocycles. The van der Waals surface area contributed by atoms with Gasteiger partial charge >= 0.3 is 0 Å². The van der Waals surface area contributed by atoms with E-state index in [4.69, 9.17) is 16.3 Å². The summed E-state index contributed by atoms with van der Waals surface area (Å²) in [4.78, 5) is 29.3. The van der Waals surface area contributed by atoms with Gasteiger partial charge in [0.1, 0.15) is 11.5 Å². The third-order valence-corrected chi connectivity index (χ3v) is 5.35. The molecule has 1 fully saturated rings. The van der Waals surface area contributed by atoms with E-state index in [2.05, 4.69) is 0 Å². The Bertz CT molecular complexity index is 985. The van der Waals surface area contributed by atoms with Crippen LogP contribution in [0.5, 0.6) is 5.75 Å². The number of aliphatic hydroxyl groups is 1. The van der Waals surface area contributed by atoms with Crippen molar-refractivity contribution < 1.29 is 19.4 Å². The van der Waals surface area contributed by atoms with Crippen LogP contribution in [0.4, 0.5) is 0 Å². The molecule has 31 heavy (non-hydrogen) atoms. The van der Waals surface area contributed by atoms with Gasteiger partial charge in [0, 0.05) is 23.7 Å². The summed E-state index contributed by atoms with van der Waals surface area (Å²) in [5, 5.41) is 11.7. The number of aliphatic hydroxyl groups excluding tert-OH is 1. The van der Waals surface area contributed by atoms with E-state index in [1.54, 1.807) is 48.5 Å². The summed E-state index contributed by atoms with van der Waals surface area (Å²) in [6.07, 6.45) is 0.851. The van der Waals surface area contributed by atoms with Crippen molar-refractivity contribution >= 4 is 29.1 Å². The predicted molar refractivity (Wildman–Crippen MR) is 121 cm³/mol. The number of likely N-dealkylation sites (tertiary alicyclic amines) is 1. The third-order valence-electron chi connectivity index (χ3n) is 5.09. The summed E-state index contributed by atoms with van der Waals surface area (Å²) in [6, 6.07) is 13.2. The normalized spacial score (nSPS) is 18.1. The molecule has 0 saturated carbocycles. The van der Waals surface area contributed by atoms with Crippen molar-refractivity contribution in [2.45, 2.75) is 19.4 Å². The highest BCUT2D eigenvalue weighted by atomic mass is 35.5. The molecule has 7 heteroatoms. The molecule has 1 amide bonds. The number of amides is 1. The zero-order chi connectivity index (χ0) is 22.5. The predicted octanol–water partition coefficient (Wildman–Crippen LogP) is 4.11. The van der Waals surface area contributed by atoms with Crippen molar-refractivity contribution in [1.82, 2.24) is 9.80 Å². The van der Waals surface area contributed by atoms with E-state index in [0.29, 0.717) is 41.6 Å². The third kappa shape index (κ3) is 5.09. The SMILES string of the molecule is CCCOc1cccc(C(O)=C2C(=O)C(=O)N(CCN(C)C)C2c2ccc(Cl)cc2)c1. The number of hydrogen-bond donors (Lipinski definition) is 1. The number of benzene rings is 2. The molecule has 6 nitrogen and oxygen atoms in total.